The number of nitrogens with zero attached hydrogens (tertiary/aromatic N) is 1. The van der Waals surface area contributed by atoms with Gasteiger partial charge in [-0.2, -0.15) is 0 Å². The molecule has 0 spiro atoms. The highest BCUT2D eigenvalue weighted by atomic mass is 19.2. The summed E-state index contributed by atoms with van der Waals surface area (Å²) in [6, 6.07) is 3.23. The molecule has 1 fully saturated rings. The summed E-state index contributed by atoms with van der Waals surface area (Å²) < 4.78 is 26.0. The van der Waals surface area contributed by atoms with Crippen molar-refractivity contribution in [2.75, 3.05) is 13.2 Å². The predicted molar refractivity (Wildman–Crippen MR) is 66.7 cm³/mol. The summed E-state index contributed by atoms with van der Waals surface area (Å²) in [7, 11) is 0. The van der Waals surface area contributed by atoms with E-state index in [0.717, 1.165) is 37.8 Å². The molecule has 0 unspecified atom stereocenters. The van der Waals surface area contributed by atoms with Crippen LogP contribution in [-0.2, 0) is 0 Å². The summed E-state index contributed by atoms with van der Waals surface area (Å²) >= 11 is 0. The number of carbonyl (C=O) groups excluding carboxylic acids is 1. The van der Waals surface area contributed by atoms with E-state index in [9.17, 15) is 13.6 Å². The molecule has 0 heterocycles. The van der Waals surface area contributed by atoms with Gasteiger partial charge in [0.1, 0.15) is 0 Å². The molecule has 1 saturated carbocycles. The minimum Gasteiger partial charge on any atom is -0.395 e. The van der Waals surface area contributed by atoms with Crippen molar-refractivity contribution < 1.29 is 18.7 Å². The van der Waals surface area contributed by atoms with Crippen LogP contribution >= 0.6 is 0 Å². The Bertz CT molecular complexity index is 459. The normalized spacial score (nSPS) is 15.7. The number of halogens is 2. The molecular weight excluding hydrogens is 252 g/mol. The van der Waals surface area contributed by atoms with E-state index in [1.165, 1.54) is 6.07 Å². The zero-order valence-corrected chi connectivity index (χ0v) is 10.6. The van der Waals surface area contributed by atoms with Crippen LogP contribution in [0.1, 0.15) is 36.0 Å². The van der Waals surface area contributed by atoms with Crippen LogP contribution in [0.25, 0.3) is 0 Å². The Balaban J connectivity index is 2.20. The van der Waals surface area contributed by atoms with Gasteiger partial charge in [0.15, 0.2) is 11.6 Å². The Morgan fingerprint density at radius 3 is 2.53 bits per heavy atom. The first-order valence-electron chi connectivity index (χ1n) is 6.50. The average molecular weight is 269 g/mol. The molecule has 0 saturated heterocycles. The quantitative estimate of drug-likeness (QED) is 0.911. The van der Waals surface area contributed by atoms with E-state index >= 15 is 0 Å². The highest BCUT2D eigenvalue weighted by Gasteiger charge is 2.27. The van der Waals surface area contributed by atoms with Crippen molar-refractivity contribution in [2.45, 2.75) is 31.7 Å². The predicted octanol–water partition coefficient (Wildman–Crippen LogP) is 2.34. The third-order valence-electron chi connectivity index (χ3n) is 3.53. The van der Waals surface area contributed by atoms with E-state index in [4.69, 9.17) is 5.11 Å². The average Bonchev–Trinajstić information content (AvgIpc) is 2.92. The van der Waals surface area contributed by atoms with E-state index in [1.54, 1.807) is 4.90 Å². The zero-order chi connectivity index (χ0) is 13.8. The van der Waals surface area contributed by atoms with Gasteiger partial charge in [-0.15, -0.1) is 0 Å². The van der Waals surface area contributed by atoms with Crippen molar-refractivity contribution in [2.24, 2.45) is 0 Å². The number of carbonyl (C=O) groups is 1. The Labute approximate surface area is 110 Å². The van der Waals surface area contributed by atoms with Crippen LogP contribution < -0.4 is 0 Å². The lowest BCUT2D eigenvalue weighted by Gasteiger charge is -2.28. The summed E-state index contributed by atoms with van der Waals surface area (Å²) in [5, 5.41) is 9.06. The molecule has 19 heavy (non-hydrogen) atoms. The maximum absolute atomic E-state index is 13.2. The van der Waals surface area contributed by atoms with Crippen LogP contribution in [-0.4, -0.2) is 35.1 Å². The molecule has 0 aromatic heterocycles. The molecule has 5 heteroatoms. The molecule has 1 amide bonds. The largest absolute Gasteiger partial charge is 0.395 e. The van der Waals surface area contributed by atoms with Crippen LogP contribution in [0.3, 0.4) is 0 Å². The highest BCUT2D eigenvalue weighted by Crippen LogP contribution is 2.25. The van der Waals surface area contributed by atoms with Crippen molar-refractivity contribution in [3.8, 4) is 0 Å². The molecule has 0 aliphatic heterocycles. The van der Waals surface area contributed by atoms with Crippen molar-refractivity contribution in [1.82, 2.24) is 4.90 Å². The number of hydrogen-bond acceptors (Lipinski definition) is 2. The third-order valence-corrected chi connectivity index (χ3v) is 3.53. The summed E-state index contributed by atoms with van der Waals surface area (Å²) in [4.78, 5) is 13.9. The standard InChI is InChI=1S/C14H17F2NO2/c15-12-6-5-10(9-13(12)16)14(19)17(7-8-18)11-3-1-2-4-11/h5-6,9,11,18H,1-4,7-8H2. The summed E-state index contributed by atoms with van der Waals surface area (Å²) in [6.07, 6.45) is 3.90. The first kappa shape index (κ1) is 13.9. The van der Waals surface area contributed by atoms with Crippen molar-refractivity contribution in [3.05, 3.63) is 35.4 Å². The second-order valence-corrected chi connectivity index (χ2v) is 4.79. The number of aliphatic hydroxyl groups excluding tert-OH is 1. The van der Waals surface area contributed by atoms with Crippen molar-refractivity contribution in [3.63, 3.8) is 0 Å². The Morgan fingerprint density at radius 2 is 1.95 bits per heavy atom. The van der Waals surface area contributed by atoms with E-state index in [0.29, 0.717) is 0 Å². The fourth-order valence-electron chi connectivity index (χ4n) is 2.57. The number of hydrogen-bond donors (Lipinski definition) is 1. The van der Waals surface area contributed by atoms with E-state index < -0.39 is 11.6 Å². The van der Waals surface area contributed by atoms with Crippen molar-refractivity contribution >= 4 is 5.91 Å². The minimum atomic E-state index is -1.03. The van der Waals surface area contributed by atoms with Gasteiger partial charge in [-0.1, -0.05) is 12.8 Å². The molecule has 1 aliphatic carbocycles. The second-order valence-electron chi connectivity index (χ2n) is 4.79. The van der Waals surface area contributed by atoms with Gasteiger partial charge in [0, 0.05) is 18.2 Å². The van der Waals surface area contributed by atoms with Crippen LogP contribution in [0.4, 0.5) is 8.78 Å². The summed E-state index contributed by atoms with van der Waals surface area (Å²) in [5.41, 5.74) is 0.124. The first-order chi connectivity index (χ1) is 9.13. The number of benzene rings is 1. The fourth-order valence-corrected chi connectivity index (χ4v) is 2.57. The molecule has 1 N–H and O–H groups in total. The van der Waals surface area contributed by atoms with Crippen LogP contribution in [0.15, 0.2) is 18.2 Å². The van der Waals surface area contributed by atoms with Gasteiger partial charge in [0.25, 0.3) is 5.91 Å². The third kappa shape index (κ3) is 3.10. The summed E-state index contributed by atoms with van der Waals surface area (Å²) in [6.45, 7) is 0.0917. The van der Waals surface area contributed by atoms with Gasteiger partial charge in [-0.05, 0) is 31.0 Å². The van der Waals surface area contributed by atoms with Gasteiger partial charge in [-0.3, -0.25) is 4.79 Å². The topological polar surface area (TPSA) is 40.5 Å². The zero-order valence-electron chi connectivity index (χ0n) is 10.6. The van der Waals surface area contributed by atoms with E-state index in [-0.39, 0.29) is 30.7 Å². The van der Waals surface area contributed by atoms with Crippen molar-refractivity contribution in [1.29, 1.82) is 0 Å². The number of amides is 1. The van der Waals surface area contributed by atoms with Crippen LogP contribution in [0, 0.1) is 11.6 Å². The monoisotopic (exact) mass is 269 g/mol. The Hall–Kier alpha value is -1.49. The fraction of sp³-hybridized carbons (Fsp3) is 0.500. The maximum Gasteiger partial charge on any atom is 0.254 e. The smallest absolute Gasteiger partial charge is 0.254 e. The van der Waals surface area contributed by atoms with E-state index in [1.807, 2.05) is 0 Å². The highest BCUT2D eigenvalue weighted by molar-refractivity contribution is 5.94. The lowest BCUT2D eigenvalue weighted by atomic mass is 10.1. The van der Waals surface area contributed by atoms with Gasteiger partial charge in [0.2, 0.25) is 0 Å². The Morgan fingerprint density at radius 1 is 1.26 bits per heavy atom. The number of rotatable bonds is 4. The molecule has 0 radical (unpaired) electrons. The molecule has 1 aromatic carbocycles. The SMILES string of the molecule is O=C(c1ccc(F)c(F)c1)N(CCO)C1CCCC1. The molecule has 0 atom stereocenters. The van der Waals surface area contributed by atoms with Gasteiger partial charge in [0.05, 0.1) is 6.61 Å². The molecule has 2 rings (SSSR count). The molecule has 0 bridgehead atoms. The first-order valence-corrected chi connectivity index (χ1v) is 6.50. The number of aliphatic hydroxyl groups is 1. The lowest BCUT2D eigenvalue weighted by Crippen LogP contribution is -2.40. The second kappa shape index (κ2) is 6.10. The molecule has 3 nitrogen and oxygen atoms in total. The molecule has 1 aromatic rings. The maximum atomic E-state index is 13.2. The molecule has 104 valence electrons. The van der Waals surface area contributed by atoms with Crippen LogP contribution in [0.2, 0.25) is 0 Å². The van der Waals surface area contributed by atoms with Gasteiger partial charge in [-0.25, -0.2) is 8.78 Å². The Kier molecular flexibility index (Phi) is 4.47. The summed E-state index contributed by atoms with van der Waals surface area (Å²) in [5.74, 6) is -2.34. The molecule has 1 aliphatic rings. The molecular formula is C14H17F2NO2. The van der Waals surface area contributed by atoms with E-state index in [2.05, 4.69) is 0 Å². The van der Waals surface area contributed by atoms with Gasteiger partial charge >= 0.3 is 0 Å². The lowest BCUT2D eigenvalue weighted by molar-refractivity contribution is 0.0637. The minimum absolute atomic E-state index is 0.0905. The van der Waals surface area contributed by atoms with Gasteiger partial charge < -0.3 is 10.0 Å². The van der Waals surface area contributed by atoms with Crippen LogP contribution in [0.5, 0.6) is 0 Å².